The molecule has 0 radical (unpaired) electrons. The molecule has 0 bridgehead atoms. The third-order valence-corrected chi connectivity index (χ3v) is 6.43. The molecule has 9 nitrogen and oxygen atoms in total. The Balaban J connectivity index is 1.64. The van der Waals surface area contributed by atoms with Gasteiger partial charge in [-0.3, -0.25) is 14.9 Å². The van der Waals surface area contributed by atoms with E-state index >= 15 is 0 Å². The summed E-state index contributed by atoms with van der Waals surface area (Å²) in [6, 6.07) is 14.6. The number of carbonyl (C=O) groups excluding carboxylic acids is 1. The van der Waals surface area contributed by atoms with Gasteiger partial charge in [-0.1, -0.05) is 12.1 Å². The third kappa shape index (κ3) is 4.61. The second-order valence-electron chi connectivity index (χ2n) is 8.35. The Morgan fingerprint density at radius 2 is 2.09 bits per heavy atom. The van der Waals surface area contributed by atoms with E-state index in [-0.39, 0.29) is 23.6 Å². The molecule has 1 fully saturated rings. The Morgan fingerprint density at radius 3 is 2.85 bits per heavy atom. The maximum atomic E-state index is 13.2. The predicted molar refractivity (Wildman–Crippen MR) is 124 cm³/mol. The lowest BCUT2D eigenvalue weighted by molar-refractivity contribution is -0.384. The van der Waals surface area contributed by atoms with E-state index in [4.69, 9.17) is 4.74 Å². The summed E-state index contributed by atoms with van der Waals surface area (Å²) in [5.41, 5.74) is 3.28. The van der Waals surface area contributed by atoms with Crippen LogP contribution in [0.1, 0.15) is 17.5 Å². The zero-order valence-electron chi connectivity index (χ0n) is 18.6. The van der Waals surface area contributed by atoms with Crippen LogP contribution >= 0.6 is 0 Å². The largest absolute Gasteiger partial charge is 0.385 e. The first-order valence-corrected chi connectivity index (χ1v) is 11.1. The van der Waals surface area contributed by atoms with Crippen molar-refractivity contribution in [3.63, 3.8) is 0 Å². The van der Waals surface area contributed by atoms with Gasteiger partial charge in [-0.15, -0.1) is 0 Å². The van der Waals surface area contributed by atoms with E-state index in [0.29, 0.717) is 51.2 Å². The maximum Gasteiger partial charge on any atom is 0.269 e. The fraction of sp³-hybridized carbons (Fsp3) is 0.417. The van der Waals surface area contributed by atoms with Crippen molar-refractivity contribution in [1.82, 2.24) is 5.32 Å². The third-order valence-electron chi connectivity index (χ3n) is 6.43. The number of hydrogen-bond acceptors (Lipinski definition) is 7. The molecule has 2 heterocycles. The summed E-state index contributed by atoms with van der Waals surface area (Å²) in [5.74, 6) is -0.423. The predicted octanol–water partition coefficient (Wildman–Crippen LogP) is 2.49. The molecule has 1 N–H and O–H groups in total. The fourth-order valence-electron chi connectivity index (χ4n) is 4.84. The molecule has 2 aliphatic heterocycles. The van der Waals surface area contributed by atoms with Crippen molar-refractivity contribution in [1.29, 1.82) is 5.26 Å². The fourth-order valence-corrected chi connectivity index (χ4v) is 4.84. The molecule has 0 aliphatic carbocycles. The number of benzene rings is 2. The van der Waals surface area contributed by atoms with Crippen molar-refractivity contribution in [3.8, 4) is 6.07 Å². The minimum Gasteiger partial charge on any atom is -0.385 e. The molecule has 2 aromatic rings. The molecule has 0 aromatic heterocycles. The number of nitrogens with one attached hydrogen (secondary N) is 1. The summed E-state index contributed by atoms with van der Waals surface area (Å²) in [7, 11) is 1.63. The van der Waals surface area contributed by atoms with Crippen LogP contribution in [0.3, 0.4) is 0 Å². The summed E-state index contributed by atoms with van der Waals surface area (Å²) >= 11 is 0. The van der Waals surface area contributed by atoms with E-state index in [1.54, 1.807) is 25.3 Å². The molecular formula is C24H27N5O4. The Hall–Kier alpha value is -3.64. The standard InChI is InChI=1S/C24H27N5O4/c1-33-12-4-9-26-24(30)20-14-18-13-19(29(31)32)7-8-22(18)28-11-10-27(16-23(20)28)21-6-3-2-5-17(21)15-25/h2-3,5-8,13,20,23H,4,9-12,14,16H2,1H3,(H,26,30). The maximum absolute atomic E-state index is 13.2. The van der Waals surface area contributed by atoms with Gasteiger partial charge in [-0.05, 0) is 36.6 Å². The normalized spacial score (nSPS) is 19.3. The number of rotatable bonds is 7. The number of para-hydroxylation sites is 1. The zero-order valence-corrected chi connectivity index (χ0v) is 18.6. The highest BCUT2D eigenvalue weighted by Gasteiger charge is 2.42. The van der Waals surface area contributed by atoms with Crippen molar-refractivity contribution in [3.05, 3.63) is 63.7 Å². The lowest BCUT2D eigenvalue weighted by Crippen LogP contribution is -2.61. The van der Waals surface area contributed by atoms with E-state index in [0.717, 1.165) is 16.9 Å². The van der Waals surface area contributed by atoms with Gasteiger partial charge in [0.1, 0.15) is 6.07 Å². The number of nitrogens with zero attached hydrogens (tertiary/aromatic N) is 4. The number of carbonyl (C=O) groups is 1. The van der Waals surface area contributed by atoms with Crippen LogP contribution in [0.5, 0.6) is 0 Å². The van der Waals surface area contributed by atoms with Crippen LogP contribution < -0.4 is 15.1 Å². The average Bonchev–Trinajstić information content (AvgIpc) is 2.85. The van der Waals surface area contributed by atoms with Crippen LogP contribution in [-0.4, -0.2) is 56.8 Å². The van der Waals surface area contributed by atoms with Crippen LogP contribution in [0.2, 0.25) is 0 Å². The van der Waals surface area contributed by atoms with Gasteiger partial charge in [0.15, 0.2) is 0 Å². The Morgan fingerprint density at radius 1 is 1.27 bits per heavy atom. The van der Waals surface area contributed by atoms with Crippen LogP contribution in [0, 0.1) is 27.4 Å². The molecule has 172 valence electrons. The van der Waals surface area contributed by atoms with E-state index in [1.165, 1.54) is 6.07 Å². The number of anilines is 2. The minimum atomic E-state index is -0.400. The lowest BCUT2D eigenvalue weighted by Gasteiger charge is -2.49. The highest BCUT2D eigenvalue weighted by Crippen LogP contribution is 2.39. The van der Waals surface area contributed by atoms with Crippen molar-refractivity contribution >= 4 is 23.0 Å². The van der Waals surface area contributed by atoms with Gasteiger partial charge in [-0.25, -0.2) is 0 Å². The summed E-state index contributed by atoms with van der Waals surface area (Å²) in [4.78, 5) is 28.5. The van der Waals surface area contributed by atoms with E-state index in [9.17, 15) is 20.2 Å². The summed E-state index contributed by atoms with van der Waals surface area (Å²) in [6.07, 6.45) is 1.15. The number of non-ortho nitro benzene ring substituents is 1. The van der Waals surface area contributed by atoms with E-state index in [2.05, 4.69) is 21.2 Å². The van der Waals surface area contributed by atoms with Gasteiger partial charge in [0.25, 0.3) is 5.69 Å². The van der Waals surface area contributed by atoms with Gasteiger partial charge in [-0.2, -0.15) is 5.26 Å². The van der Waals surface area contributed by atoms with Crippen LogP contribution in [0.25, 0.3) is 0 Å². The molecule has 1 saturated heterocycles. The molecule has 0 spiro atoms. The molecule has 9 heteroatoms. The first-order valence-electron chi connectivity index (χ1n) is 11.1. The van der Waals surface area contributed by atoms with Gasteiger partial charge in [0.05, 0.1) is 28.1 Å². The highest BCUT2D eigenvalue weighted by atomic mass is 16.6. The summed E-state index contributed by atoms with van der Waals surface area (Å²) in [5, 5.41) is 23.9. The number of methoxy groups -OCH3 is 1. The summed E-state index contributed by atoms with van der Waals surface area (Å²) < 4.78 is 5.07. The average molecular weight is 450 g/mol. The molecular weight excluding hydrogens is 422 g/mol. The van der Waals surface area contributed by atoms with Crippen LogP contribution in [0.4, 0.5) is 17.1 Å². The van der Waals surface area contributed by atoms with Crippen molar-refractivity contribution < 1.29 is 14.5 Å². The minimum absolute atomic E-state index is 0.0352. The first-order chi connectivity index (χ1) is 16.0. The number of fused-ring (bicyclic) bond motifs is 3. The Labute approximate surface area is 192 Å². The van der Waals surface area contributed by atoms with E-state index < -0.39 is 4.92 Å². The number of piperazine rings is 1. The number of nitro groups is 1. The van der Waals surface area contributed by atoms with Crippen LogP contribution in [-0.2, 0) is 16.0 Å². The lowest BCUT2D eigenvalue weighted by atomic mass is 9.83. The first kappa shape index (κ1) is 22.6. The molecule has 2 unspecified atom stereocenters. The SMILES string of the molecule is COCCCNC(=O)C1Cc2cc([N+](=O)[O-])ccc2N2CCN(c3ccccc3C#N)CC12. The molecule has 1 amide bonds. The van der Waals surface area contributed by atoms with Crippen LogP contribution in [0.15, 0.2) is 42.5 Å². The second kappa shape index (κ2) is 9.88. The number of ether oxygens (including phenoxy) is 1. The molecule has 4 rings (SSSR count). The van der Waals surface area contributed by atoms with Gasteiger partial charge < -0.3 is 19.9 Å². The van der Waals surface area contributed by atoms with Crippen molar-refractivity contribution in [2.75, 3.05) is 49.7 Å². The second-order valence-corrected chi connectivity index (χ2v) is 8.35. The van der Waals surface area contributed by atoms with Crippen molar-refractivity contribution in [2.45, 2.75) is 18.9 Å². The van der Waals surface area contributed by atoms with Gasteiger partial charge in [0, 0.05) is 57.7 Å². The Kier molecular flexibility index (Phi) is 6.75. The number of hydrogen-bond donors (Lipinski definition) is 1. The molecule has 2 aliphatic rings. The number of nitro benzene ring substituents is 1. The zero-order chi connectivity index (χ0) is 23.4. The van der Waals surface area contributed by atoms with Gasteiger partial charge in [0.2, 0.25) is 5.91 Å². The molecule has 33 heavy (non-hydrogen) atoms. The van der Waals surface area contributed by atoms with E-state index in [1.807, 2.05) is 18.2 Å². The molecule has 2 aromatic carbocycles. The smallest absolute Gasteiger partial charge is 0.269 e. The monoisotopic (exact) mass is 449 g/mol. The molecule has 0 saturated carbocycles. The summed E-state index contributed by atoms with van der Waals surface area (Å²) in [6.45, 7) is 3.01. The molecule has 2 atom stereocenters. The number of nitriles is 1. The van der Waals surface area contributed by atoms with Crippen molar-refractivity contribution in [2.24, 2.45) is 5.92 Å². The topological polar surface area (TPSA) is 112 Å². The van der Waals surface area contributed by atoms with Gasteiger partial charge >= 0.3 is 0 Å². The quantitative estimate of drug-likeness (QED) is 0.393. The number of amides is 1. The highest BCUT2D eigenvalue weighted by molar-refractivity contribution is 5.82. The Bertz CT molecular complexity index is 1080.